The number of alkyl halides is 1. The van der Waals surface area contributed by atoms with Crippen LogP contribution in [0.5, 0.6) is 5.75 Å². The summed E-state index contributed by atoms with van der Waals surface area (Å²) < 4.78 is 6.24. The number of ether oxygens (including phenoxy) is 1. The van der Waals surface area contributed by atoms with Crippen molar-refractivity contribution in [2.45, 2.75) is 37.5 Å². The lowest BCUT2D eigenvalue weighted by molar-refractivity contribution is 0.412. The first kappa shape index (κ1) is 13.2. The Balaban J connectivity index is 1.80. The molecule has 0 bridgehead atoms. The molecule has 0 saturated heterocycles. The van der Waals surface area contributed by atoms with Crippen LogP contribution in [0.2, 0.25) is 0 Å². The minimum Gasteiger partial charge on any atom is -0.496 e. The summed E-state index contributed by atoms with van der Waals surface area (Å²) in [6, 6.07) is 6.28. The number of hydrogen-bond acceptors (Lipinski definition) is 1. The van der Waals surface area contributed by atoms with Gasteiger partial charge in [-0.1, -0.05) is 6.07 Å². The van der Waals surface area contributed by atoms with Gasteiger partial charge >= 0.3 is 0 Å². The average Bonchev–Trinajstić information content (AvgIpc) is 3.13. The summed E-state index contributed by atoms with van der Waals surface area (Å²) in [7, 11) is 1.69. The second-order valence-corrected chi connectivity index (χ2v) is 6.13. The van der Waals surface area contributed by atoms with Crippen LogP contribution in [0.15, 0.2) is 22.7 Å². The van der Waals surface area contributed by atoms with Crippen molar-refractivity contribution in [3.63, 3.8) is 0 Å². The molecule has 1 fully saturated rings. The number of methoxy groups -OCH3 is 1. The van der Waals surface area contributed by atoms with Gasteiger partial charge in [0.05, 0.1) is 11.6 Å². The van der Waals surface area contributed by atoms with E-state index in [-0.39, 0.29) is 0 Å². The maximum Gasteiger partial charge on any atom is 0.133 e. The SMILES string of the molecule is COc1ccc(CCCC(Cl)C2CC2)cc1Br. The summed E-state index contributed by atoms with van der Waals surface area (Å²) in [6.45, 7) is 0. The normalized spacial score (nSPS) is 16.9. The van der Waals surface area contributed by atoms with Crippen LogP contribution in [0.1, 0.15) is 31.2 Å². The van der Waals surface area contributed by atoms with E-state index < -0.39 is 0 Å². The highest BCUT2D eigenvalue weighted by Gasteiger charge is 2.28. The van der Waals surface area contributed by atoms with Gasteiger partial charge in [-0.25, -0.2) is 0 Å². The summed E-state index contributed by atoms with van der Waals surface area (Å²) in [6.07, 6.45) is 6.07. The van der Waals surface area contributed by atoms with Crippen LogP contribution in [0, 0.1) is 5.92 Å². The van der Waals surface area contributed by atoms with E-state index in [4.69, 9.17) is 16.3 Å². The molecule has 1 aliphatic rings. The van der Waals surface area contributed by atoms with Gasteiger partial charge in [0.15, 0.2) is 0 Å². The predicted molar refractivity (Wildman–Crippen MR) is 76.0 cm³/mol. The largest absolute Gasteiger partial charge is 0.496 e. The molecule has 2 rings (SSSR count). The van der Waals surface area contributed by atoms with Crippen LogP contribution in [0.4, 0.5) is 0 Å². The van der Waals surface area contributed by atoms with Gasteiger partial charge in [-0.15, -0.1) is 11.6 Å². The van der Waals surface area contributed by atoms with Crippen LogP contribution >= 0.6 is 27.5 Å². The van der Waals surface area contributed by atoms with Gasteiger partial charge in [-0.05, 0) is 71.6 Å². The molecule has 1 nitrogen and oxygen atoms in total. The quantitative estimate of drug-likeness (QED) is 0.685. The third-order valence-corrected chi connectivity index (χ3v) is 4.49. The van der Waals surface area contributed by atoms with E-state index in [1.807, 2.05) is 6.07 Å². The molecule has 1 aliphatic carbocycles. The molecule has 0 heterocycles. The molecule has 3 heteroatoms. The zero-order chi connectivity index (χ0) is 12.3. The van der Waals surface area contributed by atoms with E-state index in [1.165, 1.54) is 24.8 Å². The molecule has 94 valence electrons. The highest BCUT2D eigenvalue weighted by atomic mass is 79.9. The van der Waals surface area contributed by atoms with E-state index in [0.717, 1.165) is 29.0 Å². The Kier molecular flexibility index (Phi) is 4.75. The molecule has 17 heavy (non-hydrogen) atoms. The Hall–Kier alpha value is -0.210. The van der Waals surface area contributed by atoms with Crippen molar-refractivity contribution in [3.05, 3.63) is 28.2 Å². The number of hydrogen-bond donors (Lipinski definition) is 0. The van der Waals surface area contributed by atoms with Gasteiger partial charge in [-0.3, -0.25) is 0 Å². The molecule has 0 aromatic heterocycles. The standard InChI is InChI=1S/C14H18BrClO/c1-17-14-8-5-10(9-12(14)15)3-2-4-13(16)11-6-7-11/h5,8-9,11,13H,2-4,6-7H2,1H3. The van der Waals surface area contributed by atoms with E-state index >= 15 is 0 Å². The predicted octanol–water partition coefficient (Wildman–Crippen LogP) is 4.80. The van der Waals surface area contributed by atoms with Crippen molar-refractivity contribution in [1.29, 1.82) is 0 Å². The van der Waals surface area contributed by atoms with E-state index in [0.29, 0.717) is 5.38 Å². The first-order valence-electron chi connectivity index (χ1n) is 6.17. The van der Waals surface area contributed by atoms with Crippen LogP contribution in [0.3, 0.4) is 0 Å². The summed E-state index contributed by atoms with van der Waals surface area (Å²) in [5, 5.41) is 0.400. The lowest BCUT2D eigenvalue weighted by atomic mass is 10.1. The molecule has 0 radical (unpaired) electrons. The maximum absolute atomic E-state index is 6.29. The third-order valence-electron chi connectivity index (χ3n) is 3.30. The first-order chi connectivity index (χ1) is 8.20. The summed E-state index contributed by atoms with van der Waals surface area (Å²) in [4.78, 5) is 0. The van der Waals surface area contributed by atoms with Gasteiger partial charge in [0.25, 0.3) is 0 Å². The zero-order valence-electron chi connectivity index (χ0n) is 10.1. The highest BCUT2D eigenvalue weighted by molar-refractivity contribution is 9.10. The fourth-order valence-corrected chi connectivity index (χ4v) is 3.05. The molecular formula is C14H18BrClO. The van der Waals surface area contributed by atoms with Crippen LogP contribution < -0.4 is 4.74 Å². The minimum atomic E-state index is 0.400. The van der Waals surface area contributed by atoms with Crippen LogP contribution in [0.25, 0.3) is 0 Å². The summed E-state index contributed by atoms with van der Waals surface area (Å²) in [5.41, 5.74) is 1.34. The van der Waals surface area contributed by atoms with Gasteiger partial charge in [0.2, 0.25) is 0 Å². The van der Waals surface area contributed by atoms with Crippen molar-refractivity contribution >= 4 is 27.5 Å². The average molecular weight is 318 g/mol. The van der Waals surface area contributed by atoms with Crippen molar-refractivity contribution in [3.8, 4) is 5.75 Å². The third kappa shape index (κ3) is 3.89. The molecule has 0 amide bonds. The second kappa shape index (κ2) is 6.10. The van der Waals surface area contributed by atoms with E-state index in [9.17, 15) is 0 Å². The Morgan fingerprint density at radius 1 is 1.47 bits per heavy atom. The zero-order valence-corrected chi connectivity index (χ0v) is 12.4. The van der Waals surface area contributed by atoms with E-state index in [2.05, 4.69) is 28.1 Å². The van der Waals surface area contributed by atoms with Crippen molar-refractivity contribution < 1.29 is 4.74 Å². The molecule has 0 N–H and O–H groups in total. The lowest BCUT2D eigenvalue weighted by Crippen LogP contribution is -2.01. The number of aryl methyl sites for hydroxylation is 1. The fourth-order valence-electron chi connectivity index (χ4n) is 2.06. The first-order valence-corrected chi connectivity index (χ1v) is 7.40. The van der Waals surface area contributed by atoms with Crippen LogP contribution in [-0.4, -0.2) is 12.5 Å². The van der Waals surface area contributed by atoms with E-state index in [1.54, 1.807) is 7.11 Å². The van der Waals surface area contributed by atoms with Crippen molar-refractivity contribution in [2.24, 2.45) is 5.92 Å². The number of halogens is 2. The van der Waals surface area contributed by atoms with Gasteiger partial charge in [0, 0.05) is 5.38 Å². The highest BCUT2D eigenvalue weighted by Crippen LogP contribution is 2.37. The minimum absolute atomic E-state index is 0.400. The Morgan fingerprint density at radius 3 is 2.82 bits per heavy atom. The molecule has 1 aromatic rings. The van der Waals surface area contributed by atoms with Gasteiger partial charge < -0.3 is 4.74 Å². The molecular weight excluding hydrogens is 300 g/mol. The Bertz CT molecular complexity index is 376. The van der Waals surface area contributed by atoms with Gasteiger partial charge in [-0.2, -0.15) is 0 Å². The molecule has 1 aromatic carbocycles. The number of benzene rings is 1. The van der Waals surface area contributed by atoms with Crippen molar-refractivity contribution in [1.82, 2.24) is 0 Å². The molecule has 0 aliphatic heterocycles. The summed E-state index contributed by atoms with van der Waals surface area (Å²) >= 11 is 9.80. The molecule has 1 saturated carbocycles. The van der Waals surface area contributed by atoms with Gasteiger partial charge in [0.1, 0.15) is 5.75 Å². The lowest BCUT2D eigenvalue weighted by Gasteiger charge is -2.09. The summed E-state index contributed by atoms with van der Waals surface area (Å²) in [5.74, 6) is 1.70. The molecule has 1 unspecified atom stereocenters. The number of rotatable bonds is 6. The Morgan fingerprint density at radius 2 is 2.24 bits per heavy atom. The van der Waals surface area contributed by atoms with Crippen LogP contribution in [-0.2, 0) is 6.42 Å². The van der Waals surface area contributed by atoms with Crippen molar-refractivity contribution in [2.75, 3.05) is 7.11 Å². The topological polar surface area (TPSA) is 9.23 Å². The maximum atomic E-state index is 6.29. The Labute approximate surface area is 117 Å². The fraction of sp³-hybridized carbons (Fsp3) is 0.571. The molecule has 1 atom stereocenters. The second-order valence-electron chi connectivity index (χ2n) is 4.71. The smallest absolute Gasteiger partial charge is 0.133 e. The molecule has 0 spiro atoms. The monoisotopic (exact) mass is 316 g/mol.